The van der Waals surface area contributed by atoms with Gasteiger partial charge in [0, 0.05) is 32.7 Å². The van der Waals surface area contributed by atoms with Gasteiger partial charge in [0.05, 0.1) is 11.4 Å². The summed E-state index contributed by atoms with van der Waals surface area (Å²) in [6, 6.07) is 6.59. The van der Waals surface area contributed by atoms with Crippen molar-refractivity contribution < 1.29 is 0 Å². The highest BCUT2D eigenvalue weighted by atomic mass is 35.5. The smallest absolute Gasteiger partial charge is 0.0608 e. The predicted molar refractivity (Wildman–Crippen MR) is 80.5 cm³/mol. The van der Waals surface area contributed by atoms with Gasteiger partial charge in [0.25, 0.3) is 0 Å². The molecule has 17 heavy (non-hydrogen) atoms. The lowest BCUT2D eigenvalue weighted by Crippen LogP contribution is -2.51. The van der Waals surface area contributed by atoms with Crippen LogP contribution in [0.1, 0.15) is 5.56 Å². The lowest BCUT2D eigenvalue weighted by Gasteiger charge is -2.45. The Balaban J connectivity index is 0.000000853. The third kappa shape index (κ3) is 2.74. The monoisotopic (exact) mass is 297 g/mol. The first kappa shape index (κ1) is 16.6. The summed E-state index contributed by atoms with van der Waals surface area (Å²) >= 11 is 0. The van der Waals surface area contributed by atoms with E-state index >= 15 is 0 Å². The second-order valence-electron chi connectivity index (χ2n) is 4.00. The number of hydrogen-bond acceptors (Lipinski definition) is 3. The fourth-order valence-electron chi connectivity index (χ4n) is 2.40. The van der Waals surface area contributed by atoms with Crippen molar-refractivity contribution in [2.75, 3.05) is 36.0 Å². The highest BCUT2D eigenvalue weighted by Gasteiger charge is 2.27. The Labute approximate surface area is 121 Å². The molecule has 1 aromatic carbocycles. The van der Waals surface area contributed by atoms with E-state index in [0.29, 0.717) is 6.54 Å². The SMILES string of the molecule is Cl.Cl.Cl.NCc1ccc2c(c1)N1CCN2CC1. The number of fused-ring (bicyclic) bond motifs is 2. The zero-order chi connectivity index (χ0) is 9.54. The van der Waals surface area contributed by atoms with Gasteiger partial charge in [-0.1, -0.05) is 6.07 Å². The van der Waals surface area contributed by atoms with Crippen molar-refractivity contribution >= 4 is 48.6 Å². The fraction of sp³-hybridized carbons (Fsp3) is 0.455. The van der Waals surface area contributed by atoms with E-state index in [1.165, 1.54) is 43.1 Å². The van der Waals surface area contributed by atoms with E-state index in [-0.39, 0.29) is 37.2 Å². The molecule has 0 aliphatic carbocycles. The van der Waals surface area contributed by atoms with Crippen LogP contribution < -0.4 is 15.5 Å². The summed E-state index contributed by atoms with van der Waals surface area (Å²) in [5.74, 6) is 0. The lowest BCUT2D eigenvalue weighted by molar-refractivity contribution is 0.624. The fourth-order valence-corrected chi connectivity index (χ4v) is 2.40. The first-order valence-electron chi connectivity index (χ1n) is 5.21. The van der Waals surface area contributed by atoms with Crippen molar-refractivity contribution in [1.82, 2.24) is 0 Å². The molecule has 0 aromatic heterocycles. The Morgan fingerprint density at radius 2 is 1.41 bits per heavy atom. The van der Waals surface area contributed by atoms with Gasteiger partial charge in [-0.05, 0) is 17.7 Å². The molecule has 0 amide bonds. The maximum Gasteiger partial charge on any atom is 0.0608 e. The van der Waals surface area contributed by atoms with Gasteiger partial charge >= 0.3 is 0 Å². The molecule has 2 bridgehead atoms. The minimum absolute atomic E-state index is 0. The summed E-state index contributed by atoms with van der Waals surface area (Å²) in [5, 5.41) is 0. The molecule has 98 valence electrons. The van der Waals surface area contributed by atoms with Crippen LogP contribution in [-0.4, -0.2) is 26.2 Å². The molecule has 0 unspecified atom stereocenters. The maximum atomic E-state index is 5.65. The molecule has 3 nitrogen and oxygen atoms in total. The van der Waals surface area contributed by atoms with E-state index in [1.807, 2.05) is 0 Å². The molecule has 1 aromatic rings. The van der Waals surface area contributed by atoms with Gasteiger partial charge < -0.3 is 15.5 Å². The highest BCUT2D eigenvalue weighted by molar-refractivity contribution is 5.86. The highest BCUT2D eigenvalue weighted by Crippen LogP contribution is 2.36. The van der Waals surface area contributed by atoms with E-state index in [9.17, 15) is 0 Å². The molecule has 0 spiro atoms. The summed E-state index contributed by atoms with van der Waals surface area (Å²) in [6.07, 6.45) is 0. The summed E-state index contributed by atoms with van der Waals surface area (Å²) < 4.78 is 0. The third-order valence-electron chi connectivity index (χ3n) is 3.24. The molecular weight excluding hydrogens is 281 g/mol. The number of hydrogen-bond donors (Lipinski definition) is 1. The normalized spacial score (nSPS) is 15.4. The summed E-state index contributed by atoms with van der Waals surface area (Å²) in [6.45, 7) is 5.33. The van der Waals surface area contributed by atoms with Gasteiger partial charge in [-0.3, -0.25) is 0 Å². The molecule has 1 fully saturated rings. The van der Waals surface area contributed by atoms with Gasteiger partial charge in [0.2, 0.25) is 0 Å². The summed E-state index contributed by atoms with van der Waals surface area (Å²) in [5.41, 5.74) is 9.65. The van der Waals surface area contributed by atoms with Crippen LogP contribution in [0.4, 0.5) is 11.4 Å². The molecule has 3 heterocycles. The maximum absolute atomic E-state index is 5.65. The number of halogens is 3. The molecule has 4 rings (SSSR count). The summed E-state index contributed by atoms with van der Waals surface area (Å²) in [7, 11) is 0. The second kappa shape index (κ2) is 6.55. The van der Waals surface area contributed by atoms with Crippen LogP contribution in [0.5, 0.6) is 0 Å². The van der Waals surface area contributed by atoms with Crippen molar-refractivity contribution in [2.24, 2.45) is 5.73 Å². The van der Waals surface area contributed by atoms with Gasteiger partial charge in [0.1, 0.15) is 0 Å². The first-order valence-corrected chi connectivity index (χ1v) is 5.21. The average Bonchev–Trinajstić information content (AvgIpc) is 2.30. The topological polar surface area (TPSA) is 32.5 Å². The molecular formula is C11H18Cl3N3. The van der Waals surface area contributed by atoms with Crippen LogP contribution in [0.2, 0.25) is 0 Å². The largest absolute Gasteiger partial charge is 0.366 e. The van der Waals surface area contributed by atoms with Crippen LogP contribution in [0, 0.1) is 0 Å². The van der Waals surface area contributed by atoms with Gasteiger partial charge in [-0.2, -0.15) is 0 Å². The number of piperazine rings is 1. The van der Waals surface area contributed by atoms with Crippen LogP contribution in [-0.2, 0) is 6.54 Å². The van der Waals surface area contributed by atoms with Crippen molar-refractivity contribution in [3.05, 3.63) is 23.8 Å². The van der Waals surface area contributed by atoms with Gasteiger partial charge in [-0.15, -0.1) is 37.2 Å². The minimum atomic E-state index is 0. The van der Waals surface area contributed by atoms with Gasteiger partial charge in [0.15, 0.2) is 0 Å². The molecule has 2 N–H and O–H groups in total. The molecule has 0 radical (unpaired) electrons. The van der Waals surface area contributed by atoms with E-state index < -0.39 is 0 Å². The van der Waals surface area contributed by atoms with E-state index in [2.05, 4.69) is 28.0 Å². The Hall–Kier alpha value is -0.350. The number of nitrogens with zero attached hydrogens (tertiary/aromatic N) is 2. The van der Waals surface area contributed by atoms with E-state index in [1.54, 1.807) is 0 Å². The zero-order valence-electron chi connectivity index (χ0n) is 9.46. The molecule has 6 heteroatoms. The van der Waals surface area contributed by atoms with Crippen LogP contribution in [0.25, 0.3) is 0 Å². The standard InChI is InChI=1S/C11H15N3.3ClH/c12-8-9-1-2-10-11(7-9)14-5-3-13(10)4-6-14;;;/h1-2,7H,3-6,8,12H2;3*1H. The molecule has 3 aliphatic rings. The molecule has 0 atom stereocenters. The first-order chi connectivity index (χ1) is 6.88. The van der Waals surface area contributed by atoms with Crippen LogP contribution in [0.15, 0.2) is 18.2 Å². The Morgan fingerprint density at radius 3 is 1.94 bits per heavy atom. The third-order valence-corrected chi connectivity index (χ3v) is 3.24. The average molecular weight is 299 g/mol. The molecule has 1 saturated heterocycles. The second-order valence-corrected chi connectivity index (χ2v) is 4.00. The van der Waals surface area contributed by atoms with E-state index in [0.717, 1.165) is 0 Å². The van der Waals surface area contributed by atoms with Crippen LogP contribution in [0.3, 0.4) is 0 Å². The Bertz CT molecular complexity index is 365. The predicted octanol–water partition coefficient (Wildman–Crippen LogP) is 2.05. The number of benzene rings is 1. The van der Waals surface area contributed by atoms with Gasteiger partial charge in [-0.25, -0.2) is 0 Å². The number of anilines is 2. The summed E-state index contributed by atoms with van der Waals surface area (Å²) in [4.78, 5) is 4.93. The Morgan fingerprint density at radius 1 is 0.882 bits per heavy atom. The number of rotatable bonds is 1. The van der Waals surface area contributed by atoms with Crippen molar-refractivity contribution in [3.63, 3.8) is 0 Å². The zero-order valence-corrected chi connectivity index (χ0v) is 11.9. The van der Waals surface area contributed by atoms with Crippen LogP contribution >= 0.6 is 37.2 Å². The van der Waals surface area contributed by atoms with Crippen molar-refractivity contribution in [2.45, 2.75) is 6.54 Å². The number of nitrogens with two attached hydrogens (primary N) is 1. The molecule has 0 saturated carbocycles. The quantitative estimate of drug-likeness (QED) is 0.861. The lowest BCUT2D eigenvalue weighted by atomic mass is 10.1. The molecule has 3 aliphatic heterocycles. The van der Waals surface area contributed by atoms with E-state index in [4.69, 9.17) is 5.73 Å². The van der Waals surface area contributed by atoms with Crippen molar-refractivity contribution in [1.29, 1.82) is 0 Å². The minimum Gasteiger partial charge on any atom is -0.366 e. The Kier molecular flexibility index (Phi) is 6.41. The van der Waals surface area contributed by atoms with Crippen molar-refractivity contribution in [3.8, 4) is 0 Å².